The molecule has 0 aliphatic carbocycles. The van der Waals surface area contributed by atoms with Crippen molar-refractivity contribution >= 4 is 23.7 Å². The van der Waals surface area contributed by atoms with Gasteiger partial charge in [-0.3, -0.25) is 29.6 Å². The third-order valence-corrected chi connectivity index (χ3v) is 5.94. The monoisotopic (exact) mass is 471 g/mol. The first-order valence-corrected chi connectivity index (χ1v) is 10.3. The number of aliphatic carboxylic acids is 1. The summed E-state index contributed by atoms with van der Waals surface area (Å²) in [7, 11) is 0. The number of carboxylic acids is 1. The van der Waals surface area contributed by atoms with Gasteiger partial charge in [-0.25, -0.2) is 4.79 Å². The molecule has 180 valence electrons. The van der Waals surface area contributed by atoms with Crippen molar-refractivity contribution in [3.63, 3.8) is 0 Å². The summed E-state index contributed by atoms with van der Waals surface area (Å²) < 4.78 is 31.7. The lowest BCUT2D eigenvalue weighted by atomic mass is 9.89. The number of pyridine rings is 1. The second-order valence-corrected chi connectivity index (χ2v) is 8.16. The van der Waals surface area contributed by atoms with Crippen molar-refractivity contribution in [2.75, 3.05) is 26.2 Å². The lowest BCUT2D eigenvalue weighted by Crippen LogP contribution is -2.61. The molecule has 3 amide bonds. The van der Waals surface area contributed by atoms with Crippen molar-refractivity contribution in [3.05, 3.63) is 29.1 Å². The molecule has 0 radical (unpaired) electrons. The molecule has 0 aromatic carbocycles. The molecule has 1 atom stereocenters. The van der Waals surface area contributed by atoms with Crippen LogP contribution in [-0.2, 0) is 27.5 Å². The lowest BCUT2D eigenvalue weighted by molar-refractivity contribution is -0.192. The first-order chi connectivity index (χ1) is 15.4. The smallest absolute Gasteiger partial charge is 0.475 e. The summed E-state index contributed by atoms with van der Waals surface area (Å²) in [5, 5.41) is 12.8. The maximum atomic E-state index is 13.0. The summed E-state index contributed by atoms with van der Waals surface area (Å²) in [6, 6.07) is 1.73. The van der Waals surface area contributed by atoms with Crippen molar-refractivity contribution < 1.29 is 37.5 Å². The number of alkyl halides is 3. The molecule has 4 rings (SSSR count). The molecule has 1 unspecified atom stereocenters. The minimum atomic E-state index is -5.08. The van der Waals surface area contributed by atoms with Gasteiger partial charge < -0.3 is 15.3 Å². The number of nitrogens with one attached hydrogen (secondary N) is 2. The van der Waals surface area contributed by atoms with Crippen LogP contribution in [0.15, 0.2) is 12.3 Å². The van der Waals surface area contributed by atoms with Crippen LogP contribution in [0.3, 0.4) is 0 Å². The van der Waals surface area contributed by atoms with Gasteiger partial charge >= 0.3 is 12.1 Å². The quantitative estimate of drug-likeness (QED) is 0.536. The molecular formula is C20H24F3N5O5. The second-order valence-electron chi connectivity index (χ2n) is 8.16. The normalized spacial score (nSPS) is 23.5. The predicted octanol–water partition coefficient (Wildman–Crippen LogP) is 0.271. The Labute approximate surface area is 187 Å². The number of hydrogen-bond donors (Lipinski definition) is 3. The van der Waals surface area contributed by atoms with E-state index < -0.39 is 23.6 Å². The largest absolute Gasteiger partial charge is 0.490 e. The fourth-order valence-electron chi connectivity index (χ4n) is 3.96. The molecule has 2 saturated heterocycles. The number of imide groups is 1. The van der Waals surface area contributed by atoms with Crippen molar-refractivity contribution in [3.8, 4) is 0 Å². The Morgan fingerprint density at radius 3 is 2.45 bits per heavy atom. The molecule has 1 aromatic heterocycles. The standard InChI is InChI=1S/C18H23N5O3.C2HF3O2/c1-18(4-2-15(24)21-17(18)26)23-10-13-12(16(23)25)3-5-20-14(13)11-22-8-6-19-7-9-22;3-2(4,5)1(6)7/h3,5,19H,2,4,6-11H2,1H3,(H,21,24,26);(H,6,7). The third-order valence-electron chi connectivity index (χ3n) is 5.94. The number of fused-ring (bicyclic) bond motifs is 1. The zero-order valence-electron chi connectivity index (χ0n) is 17.9. The summed E-state index contributed by atoms with van der Waals surface area (Å²) >= 11 is 0. The van der Waals surface area contributed by atoms with E-state index in [4.69, 9.17) is 9.90 Å². The zero-order valence-corrected chi connectivity index (χ0v) is 17.9. The van der Waals surface area contributed by atoms with Gasteiger partial charge in [0, 0.05) is 63.0 Å². The number of halogens is 3. The molecule has 3 aliphatic rings. The van der Waals surface area contributed by atoms with Gasteiger partial charge in [0.2, 0.25) is 5.91 Å². The number of hydrogen-bond acceptors (Lipinski definition) is 7. The van der Waals surface area contributed by atoms with Crippen molar-refractivity contribution in [1.29, 1.82) is 0 Å². The van der Waals surface area contributed by atoms with Gasteiger partial charge in [0.15, 0.2) is 0 Å². The average Bonchev–Trinajstić information content (AvgIpc) is 3.10. The molecule has 13 heteroatoms. The summed E-state index contributed by atoms with van der Waals surface area (Å²) in [4.78, 5) is 54.3. The van der Waals surface area contributed by atoms with Crippen LogP contribution in [0.1, 0.15) is 41.4 Å². The van der Waals surface area contributed by atoms with Crippen LogP contribution in [0.4, 0.5) is 13.2 Å². The van der Waals surface area contributed by atoms with Crippen molar-refractivity contribution in [1.82, 2.24) is 25.4 Å². The summed E-state index contributed by atoms with van der Waals surface area (Å²) in [6.07, 6.45) is -2.82. The SMILES string of the molecule is CC1(N2Cc3c(ccnc3CN3CCNCC3)C2=O)CCC(=O)NC1=O.O=C(O)C(F)(F)F. The Morgan fingerprint density at radius 2 is 1.88 bits per heavy atom. The first-order valence-electron chi connectivity index (χ1n) is 10.3. The van der Waals surface area contributed by atoms with Crippen LogP contribution < -0.4 is 10.6 Å². The Morgan fingerprint density at radius 1 is 1.24 bits per heavy atom. The highest BCUT2D eigenvalue weighted by Crippen LogP contribution is 2.35. The number of piperazine rings is 1. The van der Waals surface area contributed by atoms with E-state index in [0.717, 1.165) is 37.4 Å². The van der Waals surface area contributed by atoms with E-state index in [0.29, 0.717) is 25.1 Å². The summed E-state index contributed by atoms with van der Waals surface area (Å²) in [5.74, 6) is -3.59. The summed E-state index contributed by atoms with van der Waals surface area (Å²) in [6.45, 7) is 6.60. The maximum Gasteiger partial charge on any atom is 0.490 e. The molecule has 1 aromatic rings. The van der Waals surface area contributed by atoms with Crippen molar-refractivity contribution in [2.45, 2.75) is 44.6 Å². The van der Waals surface area contributed by atoms with Crippen LogP contribution in [0.25, 0.3) is 0 Å². The fourth-order valence-corrected chi connectivity index (χ4v) is 3.96. The number of nitrogens with zero attached hydrogens (tertiary/aromatic N) is 3. The van der Waals surface area contributed by atoms with Crippen LogP contribution in [-0.4, -0.2) is 81.5 Å². The van der Waals surface area contributed by atoms with E-state index in [1.54, 1.807) is 24.1 Å². The van der Waals surface area contributed by atoms with Gasteiger partial charge in [-0.2, -0.15) is 13.2 Å². The number of carboxylic acid groups (broad SMARTS) is 1. The molecule has 3 aliphatic heterocycles. The van der Waals surface area contributed by atoms with Crippen LogP contribution in [0.2, 0.25) is 0 Å². The minimum Gasteiger partial charge on any atom is -0.475 e. The third kappa shape index (κ3) is 5.30. The number of amides is 3. The molecule has 10 nitrogen and oxygen atoms in total. The van der Waals surface area contributed by atoms with Gasteiger partial charge in [-0.05, 0) is 19.4 Å². The molecule has 4 heterocycles. The molecule has 0 spiro atoms. The van der Waals surface area contributed by atoms with E-state index in [-0.39, 0.29) is 18.2 Å². The van der Waals surface area contributed by atoms with E-state index in [2.05, 4.69) is 20.5 Å². The van der Waals surface area contributed by atoms with E-state index in [9.17, 15) is 27.6 Å². The van der Waals surface area contributed by atoms with Gasteiger partial charge in [0.25, 0.3) is 11.8 Å². The average molecular weight is 471 g/mol. The zero-order chi connectivity index (χ0) is 24.4. The molecule has 0 saturated carbocycles. The number of carbonyl (C=O) groups is 4. The lowest BCUT2D eigenvalue weighted by Gasteiger charge is -2.39. The van der Waals surface area contributed by atoms with Crippen molar-refractivity contribution in [2.24, 2.45) is 0 Å². The van der Waals surface area contributed by atoms with E-state index >= 15 is 0 Å². The molecule has 33 heavy (non-hydrogen) atoms. The van der Waals surface area contributed by atoms with Crippen LogP contribution >= 0.6 is 0 Å². The maximum absolute atomic E-state index is 13.0. The first kappa shape index (κ1) is 24.6. The topological polar surface area (TPSA) is 132 Å². The Hall–Kier alpha value is -3.06. The predicted molar refractivity (Wildman–Crippen MR) is 107 cm³/mol. The minimum absolute atomic E-state index is 0.157. The highest BCUT2D eigenvalue weighted by molar-refractivity contribution is 6.07. The molecule has 2 fully saturated rings. The number of aromatic nitrogens is 1. The van der Waals surface area contributed by atoms with Gasteiger partial charge in [0.1, 0.15) is 5.54 Å². The van der Waals surface area contributed by atoms with Crippen LogP contribution in [0, 0.1) is 0 Å². The fraction of sp³-hybridized carbons (Fsp3) is 0.550. The second kappa shape index (κ2) is 9.43. The van der Waals surface area contributed by atoms with Gasteiger partial charge in [-0.1, -0.05) is 0 Å². The Kier molecular flexibility index (Phi) is 7.03. The summed E-state index contributed by atoms with van der Waals surface area (Å²) in [5.41, 5.74) is 1.42. The highest BCUT2D eigenvalue weighted by Gasteiger charge is 2.49. The van der Waals surface area contributed by atoms with Gasteiger partial charge in [-0.15, -0.1) is 0 Å². The van der Waals surface area contributed by atoms with Crippen LogP contribution in [0.5, 0.6) is 0 Å². The number of carbonyl (C=O) groups excluding carboxylic acids is 3. The van der Waals surface area contributed by atoms with E-state index in [1.807, 2.05) is 0 Å². The van der Waals surface area contributed by atoms with E-state index in [1.165, 1.54) is 0 Å². The number of piperidine rings is 1. The molecular weight excluding hydrogens is 447 g/mol. The highest BCUT2D eigenvalue weighted by atomic mass is 19.4. The Balaban J connectivity index is 0.000000383. The molecule has 3 N–H and O–H groups in total. The Bertz CT molecular complexity index is 964. The van der Waals surface area contributed by atoms with Gasteiger partial charge in [0.05, 0.1) is 5.69 Å². The number of rotatable bonds is 3. The molecule has 0 bridgehead atoms.